The van der Waals surface area contributed by atoms with Crippen molar-refractivity contribution in [3.8, 4) is 5.75 Å². The number of hydrogen-bond donors (Lipinski definition) is 1. The number of nitrogens with zero attached hydrogens (tertiary/aromatic N) is 1. The van der Waals surface area contributed by atoms with Gasteiger partial charge in [-0.15, -0.1) is 0 Å². The van der Waals surface area contributed by atoms with Crippen molar-refractivity contribution in [3.05, 3.63) is 52.7 Å². The van der Waals surface area contributed by atoms with Gasteiger partial charge in [-0.25, -0.2) is 4.98 Å². The van der Waals surface area contributed by atoms with Crippen molar-refractivity contribution < 1.29 is 4.74 Å². The summed E-state index contributed by atoms with van der Waals surface area (Å²) in [7, 11) is 1.83. The molecule has 106 valence electrons. The molecule has 0 aliphatic rings. The topological polar surface area (TPSA) is 34.1 Å². The highest BCUT2D eigenvalue weighted by Crippen LogP contribution is 2.20. The summed E-state index contributed by atoms with van der Waals surface area (Å²) >= 11 is 6.12. The maximum atomic E-state index is 6.12. The zero-order chi connectivity index (χ0) is 14.4. The highest BCUT2D eigenvalue weighted by molar-refractivity contribution is 6.31. The smallest absolute Gasteiger partial charge is 0.132 e. The molecule has 1 N–H and O–H groups in total. The van der Waals surface area contributed by atoms with Gasteiger partial charge in [0.1, 0.15) is 18.2 Å². The molecule has 0 amide bonds. The maximum absolute atomic E-state index is 6.12. The number of rotatable bonds is 6. The van der Waals surface area contributed by atoms with E-state index in [4.69, 9.17) is 16.3 Å². The van der Waals surface area contributed by atoms with Crippen LogP contribution in [-0.2, 0) is 13.0 Å². The molecule has 20 heavy (non-hydrogen) atoms. The molecule has 0 atom stereocenters. The summed E-state index contributed by atoms with van der Waals surface area (Å²) in [5, 5.41) is 3.61. The molecule has 0 unspecified atom stereocenters. The second-order valence-electron chi connectivity index (χ2n) is 4.56. The standard InChI is InChI=1S/C16H19ClN2O/c1-3-4-12-5-7-13(8-6-12)20-11-15-14(17)9-10-16(18-2)19-15/h5-10H,3-4,11H2,1-2H3,(H,18,19). The third-order valence-corrected chi connectivity index (χ3v) is 3.36. The third kappa shape index (κ3) is 3.87. The molecule has 0 spiro atoms. The van der Waals surface area contributed by atoms with E-state index in [0.29, 0.717) is 11.6 Å². The number of aryl methyl sites for hydroxylation is 1. The van der Waals surface area contributed by atoms with Gasteiger partial charge in [-0.05, 0) is 36.2 Å². The number of nitrogens with one attached hydrogen (secondary N) is 1. The number of benzene rings is 1. The first-order valence-corrected chi connectivity index (χ1v) is 7.15. The Hall–Kier alpha value is -1.74. The summed E-state index contributed by atoms with van der Waals surface area (Å²) in [5.41, 5.74) is 2.06. The van der Waals surface area contributed by atoms with Gasteiger partial charge in [-0.3, -0.25) is 0 Å². The molecule has 2 rings (SSSR count). The Morgan fingerprint density at radius 2 is 1.90 bits per heavy atom. The molecule has 0 bridgehead atoms. The summed E-state index contributed by atoms with van der Waals surface area (Å²) in [6.07, 6.45) is 2.24. The number of halogens is 1. The fourth-order valence-electron chi connectivity index (χ4n) is 1.92. The third-order valence-electron chi connectivity index (χ3n) is 3.01. The van der Waals surface area contributed by atoms with Gasteiger partial charge in [0.25, 0.3) is 0 Å². The summed E-state index contributed by atoms with van der Waals surface area (Å²) < 4.78 is 5.73. The Morgan fingerprint density at radius 3 is 2.55 bits per heavy atom. The predicted molar refractivity (Wildman–Crippen MR) is 83.6 cm³/mol. The largest absolute Gasteiger partial charge is 0.487 e. The van der Waals surface area contributed by atoms with Gasteiger partial charge >= 0.3 is 0 Å². The van der Waals surface area contributed by atoms with Crippen LogP contribution in [0.25, 0.3) is 0 Å². The monoisotopic (exact) mass is 290 g/mol. The molecule has 0 aliphatic carbocycles. The van der Waals surface area contributed by atoms with Crippen LogP contribution in [-0.4, -0.2) is 12.0 Å². The second-order valence-corrected chi connectivity index (χ2v) is 4.96. The van der Waals surface area contributed by atoms with Crippen LogP contribution in [0.5, 0.6) is 5.75 Å². The van der Waals surface area contributed by atoms with Gasteiger partial charge in [0.2, 0.25) is 0 Å². The van der Waals surface area contributed by atoms with Crippen LogP contribution < -0.4 is 10.1 Å². The first-order valence-electron chi connectivity index (χ1n) is 6.78. The van der Waals surface area contributed by atoms with Crippen molar-refractivity contribution >= 4 is 17.4 Å². The average molecular weight is 291 g/mol. The van der Waals surface area contributed by atoms with Gasteiger partial charge in [-0.1, -0.05) is 37.1 Å². The number of hydrogen-bond acceptors (Lipinski definition) is 3. The van der Waals surface area contributed by atoms with E-state index in [0.717, 1.165) is 30.1 Å². The van der Waals surface area contributed by atoms with Gasteiger partial charge in [0.15, 0.2) is 0 Å². The zero-order valence-electron chi connectivity index (χ0n) is 11.8. The first kappa shape index (κ1) is 14.7. The summed E-state index contributed by atoms with van der Waals surface area (Å²) in [6.45, 7) is 2.54. The first-order chi connectivity index (χ1) is 9.72. The Morgan fingerprint density at radius 1 is 1.15 bits per heavy atom. The Labute approximate surface area is 124 Å². The van der Waals surface area contributed by atoms with Gasteiger partial charge in [0, 0.05) is 7.05 Å². The molecule has 0 radical (unpaired) electrons. The summed E-state index contributed by atoms with van der Waals surface area (Å²) in [4.78, 5) is 4.38. The van der Waals surface area contributed by atoms with Crippen molar-refractivity contribution in [3.63, 3.8) is 0 Å². The second kappa shape index (κ2) is 7.15. The minimum Gasteiger partial charge on any atom is -0.487 e. The predicted octanol–water partition coefficient (Wildman–Crippen LogP) is 4.31. The van der Waals surface area contributed by atoms with Crippen molar-refractivity contribution in [1.29, 1.82) is 0 Å². The van der Waals surface area contributed by atoms with Crippen LogP contribution in [0.3, 0.4) is 0 Å². The lowest BCUT2D eigenvalue weighted by molar-refractivity contribution is 0.301. The van der Waals surface area contributed by atoms with E-state index >= 15 is 0 Å². The number of anilines is 1. The highest BCUT2D eigenvalue weighted by Gasteiger charge is 2.05. The quantitative estimate of drug-likeness (QED) is 0.861. The molecule has 0 aliphatic heterocycles. The Balaban J connectivity index is 2.01. The van der Waals surface area contributed by atoms with E-state index < -0.39 is 0 Å². The fraction of sp³-hybridized carbons (Fsp3) is 0.312. The van der Waals surface area contributed by atoms with E-state index in [1.165, 1.54) is 5.56 Å². The number of aromatic nitrogens is 1. The minimum atomic E-state index is 0.363. The van der Waals surface area contributed by atoms with Gasteiger partial charge in [-0.2, -0.15) is 0 Å². The molecule has 0 saturated carbocycles. The van der Waals surface area contributed by atoms with Gasteiger partial charge < -0.3 is 10.1 Å². The molecule has 0 saturated heterocycles. The van der Waals surface area contributed by atoms with E-state index in [1.807, 2.05) is 31.3 Å². The van der Waals surface area contributed by atoms with Crippen LogP contribution in [0.1, 0.15) is 24.6 Å². The molecule has 1 aromatic carbocycles. The summed E-state index contributed by atoms with van der Waals surface area (Å²) in [6, 6.07) is 11.8. The lowest BCUT2D eigenvalue weighted by Crippen LogP contribution is -2.02. The lowest BCUT2D eigenvalue weighted by atomic mass is 10.1. The molecule has 1 aromatic heterocycles. The number of pyridine rings is 1. The van der Waals surface area contributed by atoms with E-state index in [2.05, 4.69) is 29.4 Å². The van der Waals surface area contributed by atoms with E-state index in [-0.39, 0.29) is 0 Å². The molecule has 0 fully saturated rings. The highest BCUT2D eigenvalue weighted by atomic mass is 35.5. The molecule has 2 aromatic rings. The van der Waals surface area contributed by atoms with Crippen molar-refractivity contribution in [2.75, 3.05) is 12.4 Å². The maximum Gasteiger partial charge on any atom is 0.132 e. The molecule has 3 nitrogen and oxygen atoms in total. The van der Waals surface area contributed by atoms with Crippen molar-refractivity contribution in [2.45, 2.75) is 26.4 Å². The van der Waals surface area contributed by atoms with E-state index in [9.17, 15) is 0 Å². The van der Waals surface area contributed by atoms with Crippen molar-refractivity contribution in [2.24, 2.45) is 0 Å². The number of ether oxygens (including phenoxy) is 1. The summed E-state index contributed by atoms with van der Waals surface area (Å²) in [5.74, 6) is 1.61. The SMILES string of the molecule is CCCc1ccc(OCc2nc(NC)ccc2Cl)cc1. The van der Waals surface area contributed by atoms with Crippen LogP contribution in [0, 0.1) is 0 Å². The molecular weight excluding hydrogens is 272 g/mol. The fourth-order valence-corrected chi connectivity index (χ4v) is 2.08. The van der Waals surface area contributed by atoms with Crippen molar-refractivity contribution in [1.82, 2.24) is 4.98 Å². The van der Waals surface area contributed by atoms with E-state index in [1.54, 1.807) is 0 Å². The molecule has 1 heterocycles. The van der Waals surface area contributed by atoms with Crippen LogP contribution in [0.15, 0.2) is 36.4 Å². The van der Waals surface area contributed by atoms with Gasteiger partial charge in [0.05, 0.1) is 10.7 Å². The normalized spacial score (nSPS) is 10.3. The minimum absolute atomic E-state index is 0.363. The van der Waals surface area contributed by atoms with Crippen LogP contribution >= 0.6 is 11.6 Å². The zero-order valence-corrected chi connectivity index (χ0v) is 12.6. The average Bonchev–Trinajstić information content (AvgIpc) is 2.48. The van der Waals surface area contributed by atoms with Crippen LogP contribution in [0.2, 0.25) is 5.02 Å². The lowest BCUT2D eigenvalue weighted by Gasteiger charge is -2.09. The molecule has 4 heteroatoms. The molecular formula is C16H19ClN2O. The Bertz CT molecular complexity index is 555. The Kier molecular flexibility index (Phi) is 5.24. The van der Waals surface area contributed by atoms with Crippen LogP contribution in [0.4, 0.5) is 5.82 Å².